The minimum atomic E-state index is -1.10. The highest BCUT2D eigenvalue weighted by atomic mass is 16.6. The fraction of sp³-hybridized carbons (Fsp3) is 0.667. The third kappa shape index (κ3) is 7.57. The summed E-state index contributed by atoms with van der Waals surface area (Å²) < 4.78 is 11.4. The van der Waals surface area contributed by atoms with Gasteiger partial charge in [0.2, 0.25) is 0 Å². The highest BCUT2D eigenvalue weighted by molar-refractivity contribution is 5.75. The van der Waals surface area contributed by atoms with Crippen LogP contribution in [0.25, 0.3) is 0 Å². The zero-order valence-electron chi connectivity index (χ0n) is 16.4. The lowest BCUT2D eigenvalue weighted by Gasteiger charge is -2.31. The van der Waals surface area contributed by atoms with Gasteiger partial charge in [-0.25, -0.2) is 0 Å². The zero-order chi connectivity index (χ0) is 18.9. The Balaban J connectivity index is 2.56. The summed E-state index contributed by atoms with van der Waals surface area (Å²) in [6.45, 7) is 9.83. The molecular formula is C21H34O4. The lowest BCUT2D eigenvalue weighted by atomic mass is 9.97. The van der Waals surface area contributed by atoms with Crippen molar-refractivity contribution >= 4 is 5.97 Å². The van der Waals surface area contributed by atoms with E-state index >= 15 is 0 Å². The smallest absolute Gasteiger partial charge is 0.311 e. The third-order valence-electron chi connectivity index (χ3n) is 4.34. The molecule has 4 heteroatoms. The van der Waals surface area contributed by atoms with Gasteiger partial charge >= 0.3 is 5.97 Å². The second kappa shape index (κ2) is 9.93. The standard InChI is InChI=1S/C21H34O4/c1-6-21(23,7-2)25-18(17-13-9-8-10-14-17)15-11-12-16-24-19(22)20(3,4)5/h8-10,13-14,18,23H,6-7,11-12,15-16H2,1-5H3. The summed E-state index contributed by atoms with van der Waals surface area (Å²) in [4.78, 5) is 11.8. The average molecular weight is 350 g/mol. The van der Waals surface area contributed by atoms with Crippen molar-refractivity contribution in [1.82, 2.24) is 0 Å². The lowest BCUT2D eigenvalue weighted by Crippen LogP contribution is -2.32. The van der Waals surface area contributed by atoms with Gasteiger partial charge in [0.15, 0.2) is 5.79 Å². The molecule has 0 radical (unpaired) electrons. The summed E-state index contributed by atoms with van der Waals surface area (Å²) in [5.41, 5.74) is 0.601. The SMILES string of the molecule is CCC(O)(CC)OC(CCCCOC(=O)C(C)(C)C)c1ccccc1. The third-order valence-corrected chi connectivity index (χ3v) is 4.34. The van der Waals surface area contributed by atoms with E-state index in [9.17, 15) is 9.90 Å². The number of benzene rings is 1. The van der Waals surface area contributed by atoms with Crippen LogP contribution in [0.5, 0.6) is 0 Å². The molecule has 0 fully saturated rings. The first-order chi connectivity index (χ1) is 11.7. The van der Waals surface area contributed by atoms with Crippen molar-refractivity contribution < 1.29 is 19.4 Å². The molecule has 1 atom stereocenters. The van der Waals surface area contributed by atoms with Crippen LogP contribution in [0.2, 0.25) is 0 Å². The molecule has 142 valence electrons. The topological polar surface area (TPSA) is 55.8 Å². The maximum absolute atomic E-state index is 11.8. The van der Waals surface area contributed by atoms with Gasteiger partial charge in [-0.2, -0.15) is 0 Å². The number of unbranched alkanes of at least 4 members (excludes halogenated alkanes) is 1. The lowest BCUT2D eigenvalue weighted by molar-refractivity contribution is -0.236. The number of hydrogen-bond donors (Lipinski definition) is 1. The molecule has 4 nitrogen and oxygen atoms in total. The summed E-state index contributed by atoms with van der Waals surface area (Å²) in [5.74, 6) is -1.27. The van der Waals surface area contributed by atoms with Crippen LogP contribution in [0.1, 0.15) is 78.4 Å². The predicted molar refractivity (Wildman–Crippen MR) is 100 cm³/mol. The summed E-state index contributed by atoms with van der Waals surface area (Å²) in [6, 6.07) is 9.98. The minimum absolute atomic E-state index is 0.163. The highest BCUT2D eigenvalue weighted by Crippen LogP contribution is 2.31. The number of esters is 1. The molecule has 0 aromatic heterocycles. The number of hydrogen-bond acceptors (Lipinski definition) is 4. The Morgan fingerprint density at radius 3 is 2.20 bits per heavy atom. The molecule has 0 aliphatic heterocycles. The van der Waals surface area contributed by atoms with Crippen molar-refractivity contribution in [1.29, 1.82) is 0 Å². The van der Waals surface area contributed by atoms with Gasteiger partial charge < -0.3 is 14.6 Å². The van der Waals surface area contributed by atoms with E-state index in [2.05, 4.69) is 0 Å². The van der Waals surface area contributed by atoms with Crippen molar-refractivity contribution in [3.63, 3.8) is 0 Å². The highest BCUT2D eigenvalue weighted by Gasteiger charge is 2.28. The normalized spacial score (nSPS) is 13.5. The molecule has 0 heterocycles. The number of carbonyl (C=O) groups excluding carboxylic acids is 1. The van der Waals surface area contributed by atoms with Crippen molar-refractivity contribution in [3.8, 4) is 0 Å². The second-order valence-corrected chi connectivity index (χ2v) is 7.55. The van der Waals surface area contributed by atoms with Crippen molar-refractivity contribution in [2.24, 2.45) is 5.41 Å². The molecule has 0 bridgehead atoms. The van der Waals surface area contributed by atoms with Gasteiger partial charge in [-0.1, -0.05) is 44.2 Å². The largest absolute Gasteiger partial charge is 0.465 e. The van der Waals surface area contributed by atoms with Crippen LogP contribution >= 0.6 is 0 Å². The van der Waals surface area contributed by atoms with Gasteiger partial charge in [-0.05, 0) is 58.4 Å². The molecule has 0 spiro atoms. The van der Waals surface area contributed by atoms with E-state index in [1.165, 1.54) is 0 Å². The molecule has 25 heavy (non-hydrogen) atoms. The van der Waals surface area contributed by atoms with Gasteiger partial charge in [0, 0.05) is 0 Å². The first-order valence-electron chi connectivity index (χ1n) is 9.34. The van der Waals surface area contributed by atoms with Crippen LogP contribution < -0.4 is 0 Å². The van der Waals surface area contributed by atoms with Crippen LogP contribution in [0.3, 0.4) is 0 Å². The summed E-state index contributed by atoms with van der Waals surface area (Å²) in [5, 5.41) is 10.5. The first-order valence-corrected chi connectivity index (χ1v) is 9.34. The maximum Gasteiger partial charge on any atom is 0.311 e. The zero-order valence-corrected chi connectivity index (χ0v) is 16.4. The van der Waals surface area contributed by atoms with Gasteiger partial charge in [0.1, 0.15) is 0 Å². The van der Waals surface area contributed by atoms with Crippen molar-refractivity contribution in [3.05, 3.63) is 35.9 Å². The predicted octanol–water partition coefficient (Wildman–Crippen LogP) is 5.01. The molecule has 0 aliphatic carbocycles. The monoisotopic (exact) mass is 350 g/mol. The van der Waals surface area contributed by atoms with Crippen molar-refractivity contribution in [2.45, 2.75) is 78.6 Å². The maximum atomic E-state index is 11.8. The Kier molecular flexibility index (Phi) is 8.60. The van der Waals surface area contributed by atoms with Crippen LogP contribution in [-0.4, -0.2) is 23.5 Å². The molecular weight excluding hydrogens is 316 g/mol. The second-order valence-electron chi connectivity index (χ2n) is 7.55. The van der Waals surface area contributed by atoms with Gasteiger partial charge in [0.05, 0.1) is 18.1 Å². The van der Waals surface area contributed by atoms with E-state index in [-0.39, 0.29) is 12.1 Å². The number of carbonyl (C=O) groups is 1. The summed E-state index contributed by atoms with van der Waals surface area (Å²) in [6.07, 6.45) is 3.36. The van der Waals surface area contributed by atoms with E-state index in [0.29, 0.717) is 19.4 Å². The quantitative estimate of drug-likeness (QED) is 0.366. The summed E-state index contributed by atoms with van der Waals surface area (Å²) >= 11 is 0. The van der Waals surface area contributed by atoms with Crippen LogP contribution in [0.4, 0.5) is 0 Å². The Morgan fingerprint density at radius 1 is 1.08 bits per heavy atom. The van der Waals surface area contributed by atoms with E-state index < -0.39 is 11.2 Å². The fourth-order valence-corrected chi connectivity index (χ4v) is 2.46. The van der Waals surface area contributed by atoms with Gasteiger partial charge in [-0.15, -0.1) is 0 Å². The van der Waals surface area contributed by atoms with E-state index in [1.807, 2.05) is 65.0 Å². The molecule has 1 aromatic carbocycles. The first kappa shape index (κ1) is 21.7. The Bertz CT molecular complexity index is 500. The van der Waals surface area contributed by atoms with Gasteiger partial charge in [-0.3, -0.25) is 4.79 Å². The van der Waals surface area contributed by atoms with E-state index in [1.54, 1.807) is 0 Å². The van der Waals surface area contributed by atoms with Crippen LogP contribution in [0, 0.1) is 5.41 Å². The summed E-state index contributed by atoms with van der Waals surface area (Å²) in [7, 11) is 0. The van der Waals surface area contributed by atoms with Gasteiger partial charge in [0.25, 0.3) is 0 Å². The molecule has 1 unspecified atom stereocenters. The van der Waals surface area contributed by atoms with E-state index in [0.717, 1.165) is 24.8 Å². The fourth-order valence-electron chi connectivity index (χ4n) is 2.46. The number of ether oxygens (including phenoxy) is 2. The molecule has 1 aromatic rings. The van der Waals surface area contributed by atoms with Crippen molar-refractivity contribution in [2.75, 3.05) is 6.61 Å². The Hall–Kier alpha value is -1.39. The van der Waals surface area contributed by atoms with Crippen LogP contribution in [0.15, 0.2) is 30.3 Å². The number of aliphatic hydroxyl groups is 1. The molecule has 0 aliphatic rings. The molecule has 0 saturated heterocycles. The molecule has 0 amide bonds. The molecule has 1 rings (SSSR count). The average Bonchev–Trinajstić information content (AvgIpc) is 2.60. The Morgan fingerprint density at radius 2 is 1.68 bits per heavy atom. The van der Waals surface area contributed by atoms with E-state index in [4.69, 9.17) is 9.47 Å². The van der Waals surface area contributed by atoms with Crippen LogP contribution in [-0.2, 0) is 14.3 Å². The minimum Gasteiger partial charge on any atom is -0.465 e. The molecule has 1 N–H and O–H groups in total. The Labute approximate surface area is 152 Å². The number of rotatable bonds is 10. The molecule has 0 saturated carbocycles.